The normalized spacial score (nSPS) is 22.6. The highest BCUT2D eigenvalue weighted by Gasteiger charge is 2.28. The van der Waals surface area contributed by atoms with Crippen LogP contribution in [-0.2, 0) is 9.84 Å². The Balaban J connectivity index is 0.00000529. The van der Waals surface area contributed by atoms with Gasteiger partial charge < -0.3 is 10.6 Å². The van der Waals surface area contributed by atoms with Gasteiger partial charge in [-0.2, -0.15) is 11.8 Å². The molecule has 1 rings (SSSR count). The molecule has 0 aromatic heterocycles. The van der Waals surface area contributed by atoms with Gasteiger partial charge in [0, 0.05) is 24.9 Å². The fraction of sp³-hybridized carbons (Fsp3) is 0.938. The van der Waals surface area contributed by atoms with Crippen LogP contribution in [0.15, 0.2) is 4.99 Å². The molecule has 2 unspecified atom stereocenters. The van der Waals surface area contributed by atoms with Crippen molar-refractivity contribution in [2.45, 2.75) is 69.4 Å². The first kappa shape index (κ1) is 24.3. The van der Waals surface area contributed by atoms with Gasteiger partial charge in [0.15, 0.2) is 15.8 Å². The first-order valence-electron chi connectivity index (χ1n) is 8.50. The summed E-state index contributed by atoms with van der Waals surface area (Å²) < 4.78 is 23.5. The summed E-state index contributed by atoms with van der Waals surface area (Å²) in [6.45, 7) is 7.81. The Bertz CT molecular complexity index is 488. The van der Waals surface area contributed by atoms with Crippen molar-refractivity contribution in [2.75, 3.05) is 25.1 Å². The lowest BCUT2D eigenvalue weighted by atomic mass is 9.95. The van der Waals surface area contributed by atoms with Gasteiger partial charge in [-0.25, -0.2) is 8.42 Å². The summed E-state index contributed by atoms with van der Waals surface area (Å²) in [6.07, 6.45) is 4.85. The lowest BCUT2D eigenvalue weighted by Gasteiger charge is -2.30. The molecule has 1 aliphatic carbocycles. The molecule has 0 saturated heterocycles. The van der Waals surface area contributed by atoms with Crippen molar-refractivity contribution in [3.63, 3.8) is 0 Å². The Hall–Kier alpha value is 0.300. The van der Waals surface area contributed by atoms with Crippen LogP contribution in [0.1, 0.15) is 53.4 Å². The first-order valence-corrected chi connectivity index (χ1v) is 11.2. The zero-order valence-corrected chi connectivity index (χ0v) is 19.6. The summed E-state index contributed by atoms with van der Waals surface area (Å²) >= 11 is 2.04. The number of hydrogen-bond acceptors (Lipinski definition) is 4. The van der Waals surface area contributed by atoms with Crippen molar-refractivity contribution in [3.05, 3.63) is 0 Å². The average Bonchev–Trinajstić information content (AvgIpc) is 2.45. The van der Waals surface area contributed by atoms with Gasteiger partial charge in [0.1, 0.15) is 0 Å². The highest BCUT2D eigenvalue weighted by atomic mass is 127. The summed E-state index contributed by atoms with van der Waals surface area (Å²) in [5.74, 6) is 1.99. The van der Waals surface area contributed by atoms with Crippen molar-refractivity contribution in [1.82, 2.24) is 10.6 Å². The third kappa shape index (κ3) is 8.12. The smallest absolute Gasteiger partial charge is 0.191 e. The van der Waals surface area contributed by atoms with E-state index in [9.17, 15) is 8.42 Å². The Labute approximate surface area is 169 Å². The molecule has 8 heteroatoms. The summed E-state index contributed by atoms with van der Waals surface area (Å²) in [4.78, 5) is 4.23. The van der Waals surface area contributed by atoms with E-state index in [0.29, 0.717) is 18.5 Å². The highest BCUT2D eigenvalue weighted by molar-refractivity contribution is 14.0. The van der Waals surface area contributed by atoms with E-state index in [1.54, 1.807) is 27.8 Å². The predicted molar refractivity (Wildman–Crippen MR) is 118 cm³/mol. The molecule has 1 fully saturated rings. The molecule has 0 bridgehead atoms. The van der Waals surface area contributed by atoms with E-state index in [-0.39, 0.29) is 29.7 Å². The summed E-state index contributed by atoms with van der Waals surface area (Å²) in [5, 5.41) is 7.32. The van der Waals surface area contributed by atoms with E-state index in [2.05, 4.69) is 22.5 Å². The molecule has 0 amide bonds. The number of hydrogen-bond donors (Lipinski definition) is 2. The third-order valence-corrected chi connectivity index (χ3v) is 8.03. The Morgan fingerprint density at radius 1 is 1.29 bits per heavy atom. The number of guanidine groups is 1. The number of thioether (sulfide) groups is 1. The predicted octanol–water partition coefficient (Wildman–Crippen LogP) is 3.05. The van der Waals surface area contributed by atoms with Gasteiger partial charge in [0.05, 0.1) is 10.5 Å². The molecule has 1 aliphatic rings. The zero-order chi connectivity index (χ0) is 17.5. The van der Waals surface area contributed by atoms with Crippen LogP contribution in [0, 0.1) is 0 Å². The van der Waals surface area contributed by atoms with Crippen molar-refractivity contribution in [3.8, 4) is 0 Å². The van der Waals surface area contributed by atoms with E-state index in [0.717, 1.165) is 23.8 Å². The fourth-order valence-electron chi connectivity index (χ4n) is 2.66. The maximum atomic E-state index is 12.1. The standard InChI is InChI=1S/C16H33N3O2S2.HI/c1-6-22-14-9-7-8-13(12-14)19-15(17-5)18-10-11-23(20,21)16(2,3)4;/h13-14H,6-12H2,1-5H3,(H2,17,18,19);1H. The molecule has 5 nitrogen and oxygen atoms in total. The monoisotopic (exact) mass is 491 g/mol. The fourth-order valence-corrected chi connectivity index (χ4v) is 4.82. The molecule has 0 heterocycles. The zero-order valence-electron chi connectivity index (χ0n) is 15.6. The lowest BCUT2D eigenvalue weighted by molar-refractivity contribution is 0.419. The number of nitrogens with zero attached hydrogens (tertiary/aromatic N) is 1. The van der Waals surface area contributed by atoms with Crippen molar-refractivity contribution < 1.29 is 8.42 Å². The molecule has 2 N–H and O–H groups in total. The van der Waals surface area contributed by atoms with Crippen LogP contribution >= 0.6 is 35.7 Å². The van der Waals surface area contributed by atoms with E-state index in [1.165, 1.54) is 12.8 Å². The molecular formula is C16H34IN3O2S2. The molecule has 144 valence electrons. The first-order chi connectivity index (χ1) is 10.7. The minimum atomic E-state index is -3.10. The molecule has 24 heavy (non-hydrogen) atoms. The van der Waals surface area contributed by atoms with E-state index in [4.69, 9.17) is 0 Å². The Kier molecular flexibility index (Phi) is 11.2. The van der Waals surface area contributed by atoms with Crippen LogP contribution in [0.3, 0.4) is 0 Å². The maximum Gasteiger partial charge on any atom is 0.191 e. The molecule has 0 radical (unpaired) electrons. The van der Waals surface area contributed by atoms with Gasteiger partial charge in [-0.1, -0.05) is 13.3 Å². The minimum absolute atomic E-state index is 0. The molecule has 0 aliphatic heterocycles. The quantitative estimate of drug-likeness (QED) is 0.340. The van der Waals surface area contributed by atoms with Crippen LogP contribution < -0.4 is 10.6 Å². The van der Waals surface area contributed by atoms with Gasteiger partial charge in [-0.05, 0) is 45.8 Å². The SMILES string of the molecule is CCSC1CCCC(NC(=NC)NCCS(=O)(=O)C(C)(C)C)C1.I. The van der Waals surface area contributed by atoms with Crippen molar-refractivity contribution in [2.24, 2.45) is 4.99 Å². The Morgan fingerprint density at radius 2 is 1.96 bits per heavy atom. The van der Waals surface area contributed by atoms with Gasteiger partial charge in [-0.15, -0.1) is 24.0 Å². The molecule has 2 atom stereocenters. The summed E-state index contributed by atoms with van der Waals surface area (Å²) in [5.41, 5.74) is 0. The van der Waals surface area contributed by atoms with Crippen molar-refractivity contribution >= 4 is 51.5 Å². The lowest BCUT2D eigenvalue weighted by Crippen LogP contribution is -2.47. The average molecular weight is 492 g/mol. The van der Waals surface area contributed by atoms with E-state index >= 15 is 0 Å². The van der Waals surface area contributed by atoms with Gasteiger partial charge in [0.2, 0.25) is 0 Å². The summed E-state index contributed by atoms with van der Waals surface area (Å²) in [6, 6.07) is 0.429. The van der Waals surface area contributed by atoms with E-state index in [1.807, 2.05) is 11.8 Å². The van der Waals surface area contributed by atoms with Gasteiger partial charge in [0.25, 0.3) is 0 Å². The van der Waals surface area contributed by atoms with Crippen LogP contribution in [-0.4, -0.2) is 55.5 Å². The van der Waals surface area contributed by atoms with Crippen LogP contribution in [0.25, 0.3) is 0 Å². The number of rotatable bonds is 6. The van der Waals surface area contributed by atoms with Crippen LogP contribution in [0.2, 0.25) is 0 Å². The maximum absolute atomic E-state index is 12.1. The largest absolute Gasteiger partial charge is 0.355 e. The van der Waals surface area contributed by atoms with Gasteiger partial charge >= 0.3 is 0 Å². The van der Waals surface area contributed by atoms with Gasteiger partial charge in [-0.3, -0.25) is 4.99 Å². The Morgan fingerprint density at radius 3 is 2.50 bits per heavy atom. The minimum Gasteiger partial charge on any atom is -0.355 e. The molecule has 0 spiro atoms. The second-order valence-corrected chi connectivity index (χ2v) is 11.5. The second-order valence-electron chi connectivity index (χ2n) is 7.02. The van der Waals surface area contributed by atoms with Crippen molar-refractivity contribution in [1.29, 1.82) is 0 Å². The molecule has 1 saturated carbocycles. The second kappa shape index (κ2) is 11.1. The molecular weight excluding hydrogens is 457 g/mol. The highest BCUT2D eigenvalue weighted by Crippen LogP contribution is 2.28. The number of aliphatic imine (C=N–C) groups is 1. The number of halogens is 1. The summed E-state index contributed by atoms with van der Waals surface area (Å²) in [7, 11) is -1.37. The number of sulfone groups is 1. The van der Waals surface area contributed by atoms with Crippen LogP contribution in [0.5, 0.6) is 0 Å². The van der Waals surface area contributed by atoms with Crippen LogP contribution in [0.4, 0.5) is 0 Å². The molecule has 0 aromatic carbocycles. The van der Waals surface area contributed by atoms with E-state index < -0.39 is 14.6 Å². The number of nitrogens with one attached hydrogen (secondary N) is 2. The third-order valence-electron chi connectivity index (χ3n) is 4.19. The molecule has 0 aromatic rings. The topological polar surface area (TPSA) is 70.6 Å².